The fourth-order valence-electron chi connectivity index (χ4n) is 2.36. The fraction of sp³-hybridized carbons (Fsp3) is 0.353. The molecule has 21 heavy (non-hydrogen) atoms. The molecule has 2 nitrogen and oxygen atoms in total. The minimum absolute atomic E-state index is 0.342. The van der Waals surface area contributed by atoms with Crippen molar-refractivity contribution in [1.82, 2.24) is 10.3 Å². The average Bonchev–Trinajstić information content (AvgIpc) is 2.45. The summed E-state index contributed by atoms with van der Waals surface area (Å²) in [5.41, 5.74) is 4.04. The zero-order chi connectivity index (χ0) is 15.2. The Kier molecular flexibility index (Phi) is 6.27. The van der Waals surface area contributed by atoms with Crippen LogP contribution in [-0.4, -0.2) is 17.3 Å². The summed E-state index contributed by atoms with van der Waals surface area (Å²) in [6.45, 7) is 7.44. The number of thioether (sulfide) groups is 1. The maximum Gasteiger partial charge on any atom is 0.110 e. The molecule has 4 heteroatoms. The fourth-order valence-corrected chi connectivity index (χ4v) is 3.92. The van der Waals surface area contributed by atoms with Gasteiger partial charge >= 0.3 is 0 Å². The van der Waals surface area contributed by atoms with Crippen molar-refractivity contribution < 1.29 is 0 Å². The molecule has 0 bridgehead atoms. The molecule has 0 amide bonds. The quantitative estimate of drug-likeness (QED) is 0.737. The number of nitrogens with one attached hydrogen (secondary N) is 1. The van der Waals surface area contributed by atoms with Crippen molar-refractivity contribution >= 4 is 27.7 Å². The van der Waals surface area contributed by atoms with E-state index in [1.807, 2.05) is 18.3 Å². The van der Waals surface area contributed by atoms with Crippen molar-refractivity contribution in [2.24, 2.45) is 0 Å². The Morgan fingerprint density at radius 3 is 2.76 bits per heavy atom. The van der Waals surface area contributed by atoms with Crippen molar-refractivity contribution in [3.63, 3.8) is 0 Å². The first-order valence-corrected chi connectivity index (χ1v) is 8.93. The van der Waals surface area contributed by atoms with Gasteiger partial charge in [-0.3, -0.25) is 0 Å². The highest BCUT2D eigenvalue weighted by atomic mass is 79.9. The number of rotatable bonds is 6. The lowest BCUT2D eigenvalue weighted by Gasteiger charge is -2.20. The van der Waals surface area contributed by atoms with Crippen LogP contribution in [0.15, 0.2) is 46.0 Å². The van der Waals surface area contributed by atoms with Gasteiger partial charge in [0.1, 0.15) is 5.03 Å². The van der Waals surface area contributed by atoms with E-state index >= 15 is 0 Å². The van der Waals surface area contributed by atoms with Gasteiger partial charge in [-0.25, -0.2) is 4.98 Å². The van der Waals surface area contributed by atoms with Gasteiger partial charge in [0.25, 0.3) is 0 Å². The van der Waals surface area contributed by atoms with Crippen LogP contribution in [0.5, 0.6) is 0 Å². The molecule has 1 aromatic carbocycles. The molecule has 0 radical (unpaired) electrons. The molecule has 0 aliphatic rings. The van der Waals surface area contributed by atoms with E-state index in [0.29, 0.717) is 6.04 Å². The van der Waals surface area contributed by atoms with Gasteiger partial charge in [0.15, 0.2) is 0 Å². The third kappa shape index (κ3) is 4.56. The normalized spacial score (nSPS) is 12.4. The van der Waals surface area contributed by atoms with Crippen LogP contribution in [0, 0.1) is 13.8 Å². The molecule has 1 atom stereocenters. The lowest BCUT2D eigenvalue weighted by Crippen LogP contribution is -2.23. The lowest BCUT2D eigenvalue weighted by molar-refractivity contribution is 0.602. The van der Waals surface area contributed by atoms with Crippen LogP contribution < -0.4 is 5.32 Å². The van der Waals surface area contributed by atoms with E-state index in [1.165, 1.54) is 16.7 Å². The summed E-state index contributed by atoms with van der Waals surface area (Å²) in [6.07, 6.45) is 1.84. The molecule has 2 rings (SSSR count). The molecule has 0 saturated heterocycles. The largest absolute Gasteiger partial charge is 0.309 e. The average molecular weight is 365 g/mol. The number of hydrogen-bond acceptors (Lipinski definition) is 3. The molecular formula is C17H21BrN2S. The summed E-state index contributed by atoms with van der Waals surface area (Å²) >= 11 is 5.34. The Morgan fingerprint density at radius 1 is 1.29 bits per heavy atom. The number of nitrogens with zero attached hydrogens (tertiary/aromatic N) is 1. The van der Waals surface area contributed by atoms with E-state index < -0.39 is 0 Å². The van der Waals surface area contributed by atoms with Crippen LogP contribution in [0.1, 0.15) is 29.7 Å². The third-order valence-electron chi connectivity index (χ3n) is 3.36. The maximum absolute atomic E-state index is 4.43. The van der Waals surface area contributed by atoms with E-state index in [0.717, 1.165) is 21.8 Å². The third-order valence-corrected chi connectivity index (χ3v) is 5.36. The van der Waals surface area contributed by atoms with Crippen molar-refractivity contribution in [1.29, 1.82) is 0 Å². The van der Waals surface area contributed by atoms with Crippen LogP contribution in [0.25, 0.3) is 0 Å². The molecule has 1 heterocycles. The Bertz CT molecular complexity index is 601. The van der Waals surface area contributed by atoms with Crippen molar-refractivity contribution in [3.05, 3.63) is 57.7 Å². The number of aromatic nitrogens is 1. The Balaban J connectivity index is 2.14. The molecule has 0 fully saturated rings. The summed E-state index contributed by atoms with van der Waals surface area (Å²) in [4.78, 5) is 4.43. The number of hydrogen-bond donors (Lipinski definition) is 1. The highest BCUT2D eigenvalue weighted by Crippen LogP contribution is 2.29. The van der Waals surface area contributed by atoms with E-state index in [-0.39, 0.29) is 0 Å². The predicted octanol–water partition coefficient (Wildman–Crippen LogP) is 4.90. The summed E-state index contributed by atoms with van der Waals surface area (Å²) < 4.78 is 1.06. The maximum atomic E-state index is 4.43. The second-order valence-corrected chi connectivity index (χ2v) is 6.93. The van der Waals surface area contributed by atoms with Gasteiger partial charge in [-0.1, -0.05) is 30.7 Å². The number of benzene rings is 1. The first kappa shape index (κ1) is 16.5. The Morgan fingerprint density at radius 2 is 2.10 bits per heavy atom. The second kappa shape index (κ2) is 7.97. The Labute approximate surface area is 139 Å². The van der Waals surface area contributed by atoms with Crippen molar-refractivity contribution in [2.75, 3.05) is 12.3 Å². The van der Waals surface area contributed by atoms with E-state index in [1.54, 1.807) is 11.8 Å². The SMILES string of the molecule is CCNC(CSc1ncccc1Br)c1ccc(C)cc1C. The first-order chi connectivity index (χ1) is 10.1. The van der Waals surface area contributed by atoms with Gasteiger partial charge in [-0.15, -0.1) is 11.8 Å². The Hall–Kier alpha value is -0.840. The van der Waals surface area contributed by atoms with Crippen LogP contribution in [0.2, 0.25) is 0 Å². The van der Waals surface area contributed by atoms with Crippen LogP contribution in [0.4, 0.5) is 0 Å². The van der Waals surface area contributed by atoms with Crippen molar-refractivity contribution in [2.45, 2.75) is 31.8 Å². The van der Waals surface area contributed by atoms with E-state index in [9.17, 15) is 0 Å². The number of halogens is 1. The monoisotopic (exact) mass is 364 g/mol. The van der Waals surface area contributed by atoms with Gasteiger partial charge in [0.2, 0.25) is 0 Å². The minimum Gasteiger partial charge on any atom is -0.309 e. The molecule has 0 spiro atoms. The van der Waals surface area contributed by atoms with Gasteiger partial charge in [-0.05, 0) is 59.6 Å². The van der Waals surface area contributed by atoms with Gasteiger partial charge in [0, 0.05) is 22.5 Å². The van der Waals surface area contributed by atoms with Gasteiger partial charge in [-0.2, -0.15) is 0 Å². The van der Waals surface area contributed by atoms with E-state index in [4.69, 9.17) is 0 Å². The molecule has 0 saturated carbocycles. The molecule has 2 aromatic rings. The topological polar surface area (TPSA) is 24.9 Å². The standard InChI is InChI=1S/C17H21BrN2S/c1-4-19-16(14-8-7-12(2)10-13(14)3)11-21-17-15(18)6-5-9-20-17/h5-10,16,19H,4,11H2,1-3H3. The highest BCUT2D eigenvalue weighted by Gasteiger charge is 2.14. The summed E-state index contributed by atoms with van der Waals surface area (Å²) in [6, 6.07) is 11.0. The predicted molar refractivity (Wildman–Crippen MR) is 95.0 cm³/mol. The smallest absolute Gasteiger partial charge is 0.110 e. The molecule has 0 aliphatic carbocycles. The summed E-state index contributed by atoms with van der Waals surface area (Å²) in [7, 11) is 0. The van der Waals surface area contributed by atoms with Gasteiger partial charge in [0.05, 0.1) is 0 Å². The summed E-state index contributed by atoms with van der Waals surface area (Å²) in [5, 5.41) is 4.63. The zero-order valence-corrected chi connectivity index (χ0v) is 15.1. The van der Waals surface area contributed by atoms with E-state index in [2.05, 4.69) is 65.2 Å². The molecule has 1 aromatic heterocycles. The van der Waals surface area contributed by atoms with Crippen LogP contribution in [-0.2, 0) is 0 Å². The summed E-state index contributed by atoms with van der Waals surface area (Å²) in [5.74, 6) is 0.966. The molecular weight excluding hydrogens is 344 g/mol. The number of pyridine rings is 1. The molecule has 1 unspecified atom stereocenters. The molecule has 0 aliphatic heterocycles. The number of aryl methyl sites for hydroxylation is 2. The second-order valence-electron chi connectivity index (χ2n) is 5.07. The zero-order valence-electron chi connectivity index (χ0n) is 12.7. The first-order valence-electron chi connectivity index (χ1n) is 7.15. The van der Waals surface area contributed by atoms with Crippen LogP contribution >= 0.6 is 27.7 Å². The van der Waals surface area contributed by atoms with Gasteiger partial charge < -0.3 is 5.32 Å². The van der Waals surface area contributed by atoms with Crippen LogP contribution in [0.3, 0.4) is 0 Å². The molecule has 1 N–H and O–H groups in total. The van der Waals surface area contributed by atoms with Crippen molar-refractivity contribution in [3.8, 4) is 0 Å². The molecule has 112 valence electrons. The minimum atomic E-state index is 0.342. The highest BCUT2D eigenvalue weighted by molar-refractivity contribution is 9.10. The lowest BCUT2D eigenvalue weighted by atomic mass is 10.0.